The van der Waals surface area contributed by atoms with Crippen LogP contribution >= 0.6 is 11.6 Å². The lowest BCUT2D eigenvalue weighted by Crippen LogP contribution is -2.21. The minimum atomic E-state index is 0.00516. The van der Waals surface area contributed by atoms with Gasteiger partial charge in [-0.3, -0.25) is 4.79 Å². The molecule has 4 heteroatoms. The fraction of sp³-hybridized carbons (Fsp3) is 0.211. The summed E-state index contributed by atoms with van der Waals surface area (Å²) < 4.78 is 0. The van der Waals surface area contributed by atoms with Crippen LogP contribution in [0.3, 0.4) is 0 Å². The maximum Gasteiger partial charge on any atom is 0.253 e. The number of halogens is 1. The van der Waals surface area contributed by atoms with Gasteiger partial charge in [-0.2, -0.15) is 0 Å². The average molecular weight is 327 g/mol. The van der Waals surface area contributed by atoms with Crippen LogP contribution in [-0.4, -0.2) is 38.0 Å². The Kier molecular flexibility index (Phi) is 4.51. The Labute approximate surface area is 141 Å². The van der Waals surface area contributed by atoms with Crippen molar-refractivity contribution in [1.82, 2.24) is 10.2 Å². The molecule has 0 bridgehead atoms. The highest BCUT2D eigenvalue weighted by atomic mass is 35.5. The second kappa shape index (κ2) is 6.57. The Balaban J connectivity index is 2.01. The van der Waals surface area contributed by atoms with E-state index in [-0.39, 0.29) is 5.91 Å². The number of carbonyl (C=O) groups is 1. The van der Waals surface area contributed by atoms with E-state index in [1.807, 2.05) is 36.4 Å². The van der Waals surface area contributed by atoms with E-state index >= 15 is 0 Å². The van der Waals surface area contributed by atoms with Gasteiger partial charge in [0.15, 0.2) is 0 Å². The van der Waals surface area contributed by atoms with Gasteiger partial charge < -0.3 is 10.2 Å². The molecule has 0 radical (unpaired) electrons. The summed E-state index contributed by atoms with van der Waals surface area (Å²) in [6.45, 7) is 1.76. The van der Waals surface area contributed by atoms with Crippen molar-refractivity contribution < 1.29 is 4.79 Å². The van der Waals surface area contributed by atoms with Crippen LogP contribution in [0.2, 0.25) is 5.02 Å². The Bertz CT molecular complexity index is 763. The van der Waals surface area contributed by atoms with Crippen LogP contribution in [-0.2, 0) is 0 Å². The van der Waals surface area contributed by atoms with Gasteiger partial charge in [-0.05, 0) is 46.5 Å². The number of nitrogens with one attached hydrogen (secondary N) is 1. The molecule has 0 aromatic heterocycles. The van der Waals surface area contributed by atoms with E-state index < -0.39 is 0 Å². The largest absolute Gasteiger partial charge is 0.345 e. The summed E-state index contributed by atoms with van der Waals surface area (Å²) in [7, 11) is 3.51. The van der Waals surface area contributed by atoms with Gasteiger partial charge in [0.25, 0.3) is 5.91 Å². The second-order valence-corrected chi connectivity index (χ2v) is 6.26. The molecule has 3 nitrogen and oxygen atoms in total. The third-order valence-corrected chi connectivity index (χ3v) is 4.22. The van der Waals surface area contributed by atoms with Crippen LogP contribution in [0.4, 0.5) is 0 Å². The fourth-order valence-electron chi connectivity index (χ4n) is 2.77. The van der Waals surface area contributed by atoms with E-state index in [0.717, 1.165) is 24.2 Å². The minimum absolute atomic E-state index is 0.00516. The van der Waals surface area contributed by atoms with Gasteiger partial charge in [0.1, 0.15) is 0 Å². The number of carbonyl (C=O) groups excluding carboxylic acids is 1. The first-order valence-electron chi connectivity index (χ1n) is 7.58. The second-order valence-electron chi connectivity index (χ2n) is 5.83. The molecule has 0 fully saturated rings. The third kappa shape index (κ3) is 3.31. The predicted octanol–water partition coefficient (Wildman–Crippen LogP) is 3.70. The fourth-order valence-corrected chi connectivity index (χ4v) is 2.94. The molecule has 118 valence electrons. The summed E-state index contributed by atoms with van der Waals surface area (Å²) >= 11 is 6.20. The SMILES string of the molecule is CN(C)C(=O)c1ccc(-c2cc(Cl)ccc2C2=CCNC2)cc1. The first kappa shape index (κ1) is 15.8. The Hall–Kier alpha value is -2.10. The molecule has 0 saturated heterocycles. The van der Waals surface area contributed by atoms with Crippen LogP contribution in [0.15, 0.2) is 48.5 Å². The van der Waals surface area contributed by atoms with Crippen LogP contribution in [0.5, 0.6) is 0 Å². The molecule has 2 aromatic rings. The highest BCUT2D eigenvalue weighted by molar-refractivity contribution is 6.31. The first-order chi connectivity index (χ1) is 11.1. The lowest BCUT2D eigenvalue weighted by Gasteiger charge is -2.13. The van der Waals surface area contributed by atoms with Crippen LogP contribution in [0.25, 0.3) is 16.7 Å². The van der Waals surface area contributed by atoms with Crippen LogP contribution < -0.4 is 5.32 Å². The average Bonchev–Trinajstić information content (AvgIpc) is 3.08. The molecule has 0 saturated carbocycles. The monoisotopic (exact) mass is 326 g/mol. The molecule has 0 atom stereocenters. The number of nitrogens with zero attached hydrogens (tertiary/aromatic N) is 1. The van der Waals surface area contributed by atoms with Gasteiger partial charge in [0.2, 0.25) is 0 Å². The van der Waals surface area contributed by atoms with E-state index in [1.165, 1.54) is 11.1 Å². The molecular weight excluding hydrogens is 308 g/mol. The van der Waals surface area contributed by atoms with E-state index in [2.05, 4.69) is 17.5 Å². The molecule has 0 spiro atoms. The summed E-state index contributed by atoms with van der Waals surface area (Å²) in [4.78, 5) is 13.6. The molecule has 1 aliphatic heterocycles. The van der Waals surface area contributed by atoms with Gasteiger partial charge in [0, 0.05) is 37.8 Å². The number of rotatable bonds is 3. The van der Waals surface area contributed by atoms with Crippen molar-refractivity contribution in [2.24, 2.45) is 0 Å². The van der Waals surface area contributed by atoms with Crippen molar-refractivity contribution >= 4 is 23.1 Å². The molecule has 0 unspecified atom stereocenters. The Morgan fingerprint density at radius 1 is 1.09 bits per heavy atom. The van der Waals surface area contributed by atoms with Gasteiger partial charge in [0.05, 0.1) is 0 Å². The van der Waals surface area contributed by atoms with Crippen molar-refractivity contribution in [2.75, 3.05) is 27.2 Å². The van der Waals surface area contributed by atoms with Crippen molar-refractivity contribution in [3.63, 3.8) is 0 Å². The van der Waals surface area contributed by atoms with Crippen molar-refractivity contribution in [1.29, 1.82) is 0 Å². The maximum atomic E-state index is 12.0. The summed E-state index contributed by atoms with van der Waals surface area (Å²) in [5.74, 6) is 0.00516. The summed E-state index contributed by atoms with van der Waals surface area (Å²) in [6.07, 6.45) is 2.21. The Morgan fingerprint density at radius 2 is 1.83 bits per heavy atom. The smallest absolute Gasteiger partial charge is 0.253 e. The molecular formula is C19H19ClN2O. The maximum absolute atomic E-state index is 12.0. The third-order valence-electron chi connectivity index (χ3n) is 3.98. The van der Waals surface area contributed by atoms with Gasteiger partial charge in [-0.1, -0.05) is 35.9 Å². The molecule has 0 aliphatic carbocycles. The summed E-state index contributed by atoms with van der Waals surface area (Å²) in [5.41, 5.74) is 5.31. The minimum Gasteiger partial charge on any atom is -0.345 e. The van der Waals surface area contributed by atoms with E-state index in [4.69, 9.17) is 11.6 Å². The highest BCUT2D eigenvalue weighted by Crippen LogP contribution is 2.32. The molecule has 1 amide bonds. The first-order valence-corrected chi connectivity index (χ1v) is 7.96. The van der Waals surface area contributed by atoms with Crippen LogP contribution in [0, 0.1) is 0 Å². The zero-order valence-electron chi connectivity index (χ0n) is 13.3. The predicted molar refractivity (Wildman–Crippen MR) is 95.8 cm³/mol. The zero-order valence-corrected chi connectivity index (χ0v) is 14.0. The van der Waals surface area contributed by atoms with Gasteiger partial charge in [-0.15, -0.1) is 0 Å². The number of hydrogen-bond donors (Lipinski definition) is 1. The summed E-state index contributed by atoms with van der Waals surface area (Å²) in [5, 5.41) is 4.04. The molecule has 3 rings (SSSR count). The number of amides is 1. The Morgan fingerprint density at radius 3 is 2.43 bits per heavy atom. The van der Waals surface area contributed by atoms with E-state index in [0.29, 0.717) is 10.6 Å². The molecule has 2 aromatic carbocycles. The lowest BCUT2D eigenvalue weighted by atomic mass is 9.94. The molecule has 1 aliphatic rings. The van der Waals surface area contributed by atoms with Gasteiger partial charge in [-0.25, -0.2) is 0 Å². The zero-order chi connectivity index (χ0) is 16.4. The summed E-state index contributed by atoms with van der Waals surface area (Å²) in [6, 6.07) is 13.7. The molecule has 23 heavy (non-hydrogen) atoms. The standard InChI is InChI=1S/C19H19ClN2O/c1-22(2)19(23)14-5-3-13(4-6-14)18-11-16(20)7-8-17(18)15-9-10-21-12-15/h3-9,11,21H,10,12H2,1-2H3. The van der Waals surface area contributed by atoms with E-state index in [9.17, 15) is 4.79 Å². The quantitative estimate of drug-likeness (QED) is 0.933. The number of hydrogen-bond acceptors (Lipinski definition) is 2. The normalized spacial score (nSPS) is 13.8. The van der Waals surface area contributed by atoms with Crippen molar-refractivity contribution in [3.05, 3.63) is 64.7 Å². The lowest BCUT2D eigenvalue weighted by molar-refractivity contribution is 0.0827. The topological polar surface area (TPSA) is 32.3 Å². The molecule has 1 heterocycles. The number of benzene rings is 2. The van der Waals surface area contributed by atoms with Crippen molar-refractivity contribution in [2.45, 2.75) is 0 Å². The molecule has 1 N–H and O–H groups in total. The highest BCUT2D eigenvalue weighted by Gasteiger charge is 2.14. The van der Waals surface area contributed by atoms with Crippen molar-refractivity contribution in [3.8, 4) is 11.1 Å². The van der Waals surface area contributed by atoms with E-state index in [1.54, 1.807) is 19.0 Å². The van der Waals surface area contributed by atoms with Crippen LogP contribution in [0.1, 0.15) is 15.9 Å². The van der Waals surface area contributed by atoms with Gasteiger partial charge >= 0.3 is 0 Å².